The number of pyridine rings is 1. The van der Waals surface area contributed by atoms with Crippen LogP contribution in [-0.2, 0) is 12.8 Å². The fourth-order valence-corrected chi connectivity index (χ4v) is 3.09. The van der Waals surface area contributed by atoms with E-state index in [-0.39, 0.29) is 0 Å². The maximum Gasteiger partial charge on any atom is 0.0404 e. The van der Waals surface area contributed by atoms with E-state index in [0.29, 0.717) is 0 Å². The summed E-state index contributed by atoms with van der Waals surface area (Å²) in [5.41, 5.74) is 7.52. The third-order valence-corrected chi connectivity index (χ3v) is 4.77. The van der Waals surface area contributed by atoms with Crippen LogP contribution in [0.25, 0.3) is 22.3 Å². The average Bonchev–Trinajstić information content (AvgIpc) is 2.69. The van der Waals surface area contributed by atoms with E-state index < -0.39 is 0 Å². The molecule has 0 aliphatic heterocycles. The van der Waals surface area contributed by atoms with Gasteiger partial charge in [0.2, 0.25) is 0 Å². The Morgan fingerprint density at radius 2 is 1.20 bits per heavy atom. The number of hydrogen-bond acceptors (Lipinski definition) is 1. The Kier molecular flexibility index (Phi) is 6.00. The van der Waals surface area contributed by atoms with E-state index in [0.717, 1.165) is 12.8 Å². The first-order valence-electron chi connectivity index (χ1n) is 9.45. The van der Waals surface area contributed by atoms with Gasteiger partial charge in [0.1, 0.15) is 0 Å². The van der Waals surface area contributed by atoms with Crippen LogP contribution in [0.4, 0.5) is 0 Å². The van der Waals surface area contributed by atoms with Crippen molar-refractivity contribution in [3.63, 3.8) is 0 Å². The van der Waals surface area contributed by atoms with Crippen molar-refractivity contribution in [2.24, 2.45) is 0 Å². The zero-order valence-corrected chi connectivity index (χ0v) is 15.3. The third-order valence-electron chi connectivity index (χ3n) is 4.77. The van der Waals surface area contributed by atoms with E-state index in [4.69, 9.17) is 0 Å². The first-order chi connectivity index (χ1) is 12.3. The molecule has 0 atom stereocenters. The van der Waals surface area contributed by atoms with Crippen molar-refractivity contribution >= 4 is 0 Å². The van der Waals surface area contributed by atoms with E-state index in [1.807, 2.05) is 6.20 Å². The summed E-state index contributed by atoms with van der Waals surface area (Å²) in [7, 11) is 0. The molecule has 128 valence electrons. The Balaban J connectivity index is 1.71. The van der Waals surface area contributed by atoms with Crippen LogP contribution >= 0.6 is 0 Å². The lowest BCUT2D eigenvalue weighted by atomic mass is 10.00. The van der Waals surface area contributed by atoms with Crippen LogP contribution in [0.15, 0.2) is 66.9 Å². The highest BCUT2D eigenvalue weighted by Crippen LogP contribution is 2.25. The van der Waals surface area contributed by atoms with Gasteiger partial charge in [-0.25, -0.2) is 0 Å². The van der Waals surface area contributed by atoms with Gasteiger partial charge in [0.25, 0.3) is 0 Å². The highest BCUT2D eigenvalue weighted by molar-refractivity contribution is 5.70. The summed E-state index contributed by atoms with van der Waals surface area (Å²) >= 11 is 0. The Hall–Kier alpha value is -2.41. The number of hydrogen-bond donors (Lipinski definition) is 0. The minimum atomic E-state index is 1.08. The van der Waals surface area contributed by atoms with E-state index in [1.165, 1.54) is 52.8 Å². The van der Waals surface area contributed by atoms with Gasteiger partial charge < -0.3 is 0 Å². The number of aryl methyl sites for hydroxylation is 2. The lowest BCUT2D eigenvalue weighted by Crippen LogP contribution is -1.90. The van der Waals surface area contributed by atoms with Gasteiger partial charge in [-0.3, -0.25) is 4.98 Å². The van der Waals surface area contributed by atoms with E-state index >= 15 is 0 Å². The van der Waals surface area contributed by atoms with E-state index in [2.05, 4.69) is 79.5 Å². The van der Waals surface area contributed by atoms with Gasteiger partial charge in [0.15, 0.2) is 0 Å². The van der Waals surface area contributed by atoms with Crippen LogP contribution < -0.4 is 0 Å². The maximum absolute atomic E-state index is 4.63. The second kappa shape index (κ2) is 8.62. The lowest BCUT2D eigenvalue weighted by Gasteiger charge is -2.07. The molecule has 25 heavy (non-hydrogen) atoms. The van der Waals surface area contributed by atoms with E-state index in [9.17, 15) is 0 Å². The zero-order chi connectivity index (χ0) is 17.5. The van der Waals surface area contributed by atoms with Gasteiger partial charge in [0, 0.05) is 17.5 Å². The highest BCUT2D eigenvalue weighted by Gasteiger charge is 2.02. The Bertz CT molecular complexity index is 768. The van der Waals surface area contributed by atoms with Gasteiger partial charge in [0.05, 0.1) is 0 Å². The Labute approximate surface area is 151 Å². The molecule has 1 nitrogen and oxygen atoms in total. The largest absolute Gasteiger partial charge is 0.261 e. The molecule has 1 heterocycles. The third kappa shape index (κ3) is 4.57. The minimum absolute atomic E-state index is 1.08. The average molecular weight is 329 g/mol. The monoisotopic (exact) mass is 329 g/mol. The topological polar surface area (TPSA) is 12.9 Å². The molecular weight excluding hydrogens is 302 g/mol. The Morgan fingerprint density at radius 1 is 0.640 bits per heavy atom. The summed E-state index contributed by atoms with van der Waals surface area (Å²) in [5, 5.41) is 0. The highest BCUT2D eigenvalue weighted by atomic mass is 14.7. The molecule has 3 aromatic rings. The van der Waals surface area contributed by atoms with Crippen LogP contribution in [0.1, 0.15) is 44.4 Å². The standard InChI is InChI=1S/C24H27N/c1-3-5-6-7-24-17-16-23(18-25-24)22-14-12-21(13-15-22)20-10-8-19(4-2)9-11-20/h8-18H,3-7H2,1-2H3. The second-order valence-electron chi connectivity index (χ2n) is 6.62. The number of unbranched alkanes of at least 4 members (excludes halogenated alkanes) is 2. The van der Waals surface area contributed by atoms with Crippen LogP contribution in [0, 0.1) is 0 Å². The molecule has 1 aromatic heterocycles. The predicted octanol–water partition coefficient (Wildman–Crippen LogP) is 6.71. The van der Waals surface area contributed by atoms with Crippen LogP contribution in [0.3, 0.4) is 0 Å². The van der Waals surface area contributed by atoms with Crippen LogP contribution in [0.2, 0.25) is 0 Å². The van der Waals surface area contributed by atoms with E-state index in [1.54, 1.807) is 0 Å². The molecular formula is C24H27N. The van der Waals surface area contributed by atoms with Crippen molar-refractivity contribution in [2.75, 3.05) is 0 Å². The molecule has 2 aromatic carbocycles. The van der Waals surface area contributed by atoms with Gasteiger partial charge in [-0.1, -0.05) is 81.3 Å². The normalized spacial score (nSPS) is 10.8. The first kappa shape index (κ1) is 17.4. The minimum Gasteiger partial charge on any atom is -0.261 e. The van der Waals surface area contributed by atoms with Crippen LogP contribution in [0.5, 0.6) is 0 Å². The smallest absolute Gasteiger partial charge is 0.0404 e. The molecule has 0 fully saturated rings. The molecule has 0 spiro atoms. The molecule has 0 saturated heterocycles. The van der Waals surface area contributed by atoms with Crippen molar-refractivity contribution in [1.82, 2.24) is 4.98 Å². The molecule has 0 radical (unpaired) electrons. The number of rotatable bonds is 7. The second-order valence-corrected chi connectivity index (χ2v) is 6.62. The van der Waals surface area contributed by atoms with Gasteiger partial charge in [-0.05, 0) is 47.6 Å². The molecule has 0 aliphatic rings. The zero-order valence-electron chi connectivity index (χ0n) is 15.3. The van der Waals surface area contributed by atoms with Crippen molar-refractivity contribution in [3.8, 4) is 22.3 Å². The first-order valence-corrected chi connectivity index (χ1v) is 9.45. The summed E-state index contributed by atoms with van der Waals surface area (Å²) in [4.78, 5) is 4.63. The molecule has 0 amide bonds. The summed E-state index contributed by atoms with van der Waals surface area (Å²) in [6.07, 6.45) is 7.94. The van der Waals surface area contributed by atoms with Crippen molar-refractivity contribution in [1.29, 1.82) is 0 Å². The molecule has 0 N–H and O–H groups in total. The molecule has 1 heteroatoms. The predicted molar refractivity (Wildman–Crippen MR) is 108 cm³/mol. The van der Waals surface area contributed by atoms with Gasteiger partial charge >= 0.3 is 0 Å². The quantitative estimate of drug-likeness (QED) is 0.439. The number of aromatic nitrogens is 1. The molecule has 0 aliphatic carbocycles. The fraction of sp³-hybridized carbons (Fsp3) is 0.292. The fourth-order valence-electron chi connectivity index (χ4n) is 3.09. The summed E-state index contributed by atoms with van der Waals surface area (Å²) in [5.74, 6) is 0. The summed E-state index contributed by atoms with van der Waals surface area (Å²) in [6, 6.07) is 22.0. The van der Waals surface area contributed by atoms with Crippen LogP contribution in [-0.4, -0.2) is 4.98 Å². The Morgan fingerprint density at radius 3 is 1.72 bits per heavy atom. The summed E-state index contributed by atoms with van der Waals surface area (Å²) < 4.78 is 0. The van der Waals surface area contributed by atoms with Crippen molar-refractivity contribution < 1.29 is 0 Å². The number of nitrogens with zero attached hydrogens (tertiary/aromatic N) is 1. The van der Waals surface area contributed by atoms with Crippen molar-refractivity contribution in [3.05, 3.63) is 78.1 Å². The number of benzene rings is 2. The summed E-state index contributed by atoms with van der Waals surface area (Å²) in [6.45, 7) is 4.42. The molecule has 0 bridgehead atoms. The molecule has 0 unspecified atom stereocenters. The molecule has 3 rings (SSSR count). The van der Waals surface area contributed by atoms with Gasteiger partial charge in [-0.15, -0.1) is 0 Å². The maximum atomic E-state index is 4.63. The SMILES string of the molecule is CCCCCc1ccc(-c2ccc(-c3ccc(CC)cc3)cc2)cn1. The van der Waals surface area contributed by atoms with Gasteiger partial charge in [-0.2, -0.15) is 0 Å². The lowest BCUT2D eigenvalue weighted by molar-refractivity contribution is 0.707. The van der Waals surface area contributed by atoms with Crippen molar-refractivity contribution in [2.45, 2.75) is 46.0 Å². The molecule has 0 saturated carbocycles.